The topological polar surface area (TPSA) is 69.7 Å². The Bertz CT molecular complexity index is 856. The molecule has 0 radical (unpaired) electrons. The van der Waals surface area contributed by atoms with Gasteiger partial charge in [-0.3, -0.25) is 14.5 Å². The van der Waals surface area contributed by atoms with Gasteiger partial charge in [-0.2, -0.15) is 0 Å². The molecular weight excluding hydrogens is 354 g/mol. The van der Waals surface area contributed by atoms with Crippen molar-refractivity contribution in [2.24, 2.45) is 0 Å². The average molecular weight is 377 g/mol. The third-order valence-electron chi connectivity index (χ3n) is 5.41. The molecule has 2 aliphatic heterocycles. The van der Waals surface area contributed by atoms with Crippen molar-refractivity contribution in [3.63, 3.8) is 0 Å². The van der Waals surface area contributed by atoms with Crippen LogP contribution in [0.25, 0.3) is 0 Å². The van der Waals surface area contributed by atoms with Gasteiger partial charge in [-0.15, -0.1) is 0 Å². The Morgan fingerprint density at radius 1 is 0.857 bits per heavy atom. The highest BCUT2D eigenvalue weighted by atomic mass is 16.2. The molecule has 2 aromatic rings. The molecule has 6 heteroatoms. The van der Waals surface area contributed by atoms with Crippen LogP contribution in [0.2, 0.25) is 0 Å². The molecule has 4 amide bonds. The number of hydrogen-bond acceptors (Lipinski definition) is 3. The second kappa shape index (κ2) is 7.84. The summed E-state index contributed by atoms with van der Waals surface area (Å²) in [7, 11) is 0. The van der Waals surface area contributed by atoms with Crippen molar-refractivity contribution in [3.05, 3.63) is 71.3 Å². The molecule has 2 aromatic carbocycles. The molecule has 0 bridgehead atoms. The summed E-state index contributed by atoms with van der Waals surface area (Å²) in [4.78, 5) is 41.5. The summed E-state index contributed by atoms with van der Waals surface area (Å²) < 4.78 is 0. The van der Waals surface area contributed by atoms with Gasteiger partial charge in [0.25, 0.3) is 11.8 Å². The summed E-state index contributed by atoms with van der Waals surface area (Å²) in [6.07, 6.45) is 3.16. The molecule has 6 nitrogen and oxygen atoms in total. The number of likely N-dealkylation sites (tertiary alicyclic amines) is 1. The molecule has 1 saturated heterocycles. The van der Waals surface area contributed by atoms with Gasteiger partial charge in [0.05, 0.1) is 17.2 Å². The maximum atomic E-state index is 13.0. The molecule has 4 rings (SSSR count). The maximum Gasteiger partial charge on any atom is 0.317 e. The van der Waals surface area contributed by atoms with Gasteiger partial charge in [0, 0.05) is 19.6 Å². The first-order chi connectivity index (χ1) is 13.7. The number of fused-ring (bicyclic) bond motifs is 1. The largest absolute Gasteiger partial charge is 0.336 e. The highest BCUT2D eigenvalue weighted by Gasteiger charge is 2.40. The Morgan fingerprint density at radius 3 is 2.04 bits per heavy atom. The van der Waals surface area contributed by atoms with E-state index in [0.29, 0.717) is 11.1 Å². The van der Waals surface area contributed by atoms with Crippen molar-refractivity contribution >= 4 is 17.8 Å². The molecule has 28 heavy (non-hydrogen) atoms. The third-order valence-corrected chi connectivity index (χ3v) is 5.41. The Hall–Kier alpha value is -3.15. The van der Waals surface area contributed by atoms with E-state index in [9.17, 15) is 14.4 Å². The van der Waals surface area contributed by atoms with Crippen molar-refractivity contribution in [2.75, 3.05) is 19.6 Å². The summed E-state index contributed by atoms with van der Waals surface area (Å²) in [6.45, 7) is 1.68. The molecule has 2 heterocycles. The third kappa shape index (κ3) is 3.38. The predicted molar refractivity (Wildman–Crippen MR) is 105 cm³/mol. The highest BCUT2D eigenvalue weighted by molar-refractivity contribution is 6.21. The smallest absolute Gasteiger partial charge is 0.317 e. The van der Waals surface area contributed by atoms with Crippen LogP contribution in [0.3, 0.4) is 0 Å². The SMILES string of the molecule is O=C(NCC(c1ccccc1)N1C(=O)c2ccccc2C1=O)N1CCCCC1. The van der Waals surface area contributed by atoms with Crippen molar-refractivity contribution in [3.8, 4) is 0 Å². The molecule has 1 atom stereocenters. The Balaban J connectivity index is 1.58. The zero-order valence-electron chi connectivity index (χ0n) is 15.6. The molecule has 0 spiro atoms. The number of rotatable bonds is 4. The predicted octanol–water partition coefficient (Wildman–Crippen LogP) is 3.22. The van der Waals surface area contributed by atoms with E-state index in [1.807, 2.05) is 30.3 Å². The van der Waals surface area contributed by atoms with Gasteiger partial charge < -0.3 is 10.2 Å². The molecule has 2 aliphatic rings. The van der Waals surface area contributed by atoms with E-state index >= 15 is 0 Å². The summed E-state index contributed by atoms with van der Waals surface area (Å²) >= 11 is 0. The highest BCUT2D eigenvalue weighted by Crippen LogP contribution is 2.31. The van der Waals surface area contributed by atoms with Gasteiger partial charge in [-0.1, -0.05) is 42.5 Å². The van der Waals surface area contributed by atoms with Crippen molar-refractivity contribution < 1.29 is 14.4 Å². The number of hydrogen-bond donors (Lipinski definition) is 1. The molecule has 0 aromatic heterocycles. The van der Waals surface area contributed by atoms with E-state index in [-0.39, 0.29) is 24.4 Å². The van der Waals surface area contributed by atoms with Crippen LogP contribution in [-0.2, 0) is 0 Å². The van der Waals surface area contributed by atoms with E-state index in [0.717, 1.165) is 37.9 Å². The lowest BCUT2D eigenvalue weighted by atomic mass is 10.1. The molecule has 0 aliphatic carbocycles. The number of imide groups is 1. The number of benzene rings is 2. The summed E-state index contributed by atoms with van der Waals surface area (Å²) in [5, 5.41) is 2.94. The van der Waals surface area contributed by atoms with Crippen LogP contribution >= 0.6 is 0 Å². The van der Waals surface area contributed by atoms with Gasteiger partial charge in [0.1, 0.15) is 0 Å². The minimum Gasteiger partial charge on any atom is -0.336 e. The second-order valence-corrected chi connectivity index (χ2v) is 7.19. The monoisotopic (exact) mass is 377 g/mol. The maximum absolute atomic E-state index is 13.0. The van der Waals surface area contributed by atoms with E-state index in [1.165, 1.54) is 4.90 Å². The Kier molecular flexibility index (Phi) is 5.10. The number of nitrogens with zero attached hydrogens (tertiary/aromatic N) is 2. The number of carbonyl (C=O) groups excluding carboxylic acids is 3. The zero-order chi connectivity index (χ0) is 19.5. The number of urea groups is 1. The zero-order valence-corrected chi connectivity index (χ0v) is 15.6. The van der Waals surface area contributed by atoms with Crippen LogP contribution in [-0.4, -0.2) is 47.3 Å². The van der Waals surface area contributed by atoms with Crippen molar-refractivity contribution in [2.45, 2.75) is 25.3 Å². The van der Waals surface area contributed by atoms with Crippen LogP contribution < -0.4 is 5.32 Å². The van der Waals surface area contributed by atoms with Crippen molar-refractivity contribution in [1.29, 1.82) is 0 Å². The van der Waals surface area contributed by atoms with Crippen LogP contribution in [0.5, 0.6) is 0 Å². The lowest BCUT2D eigenvalue weighted by molar-refractivity contribution is 0.0579. The Labute approximate surface area is 164 Å². The normalized spacial score (nSPS) is 17.4. The quantitative estimate of drug-likeness (QED) is 0.832. The van der Waals surface area contributed by atoms with E-state index in [1.54, 1.807) is 29.2 Å². The fraction of sp³-hybridized carbons (Fsp3) is 0.318. The van der Waals surface area contributed by atoms with Crippen LogP contribution in [0, 0.1) is 0 Å². The number of carbonyl (C=O) groups is 3. The lowest BCUT2D eigenvalue weighted by Gasteiger charge is -2.30. The first-order valence-electron chi connectivity index (χ1n) is 9.71. The summed E-state index contributed by atoms with van der Waals surface area (Å²) in [5.41, 5.74) is 1.64. The summed E-state index contributed by atoms with van der Waals surface area (Å²) in [5.74, 6) is -0.636. The van der Waals surface area contributed by atoms with Gasteiger partial charge >= 0.3 is 6.03 Å². The van der Waals surface area contributed by atoms with E-state index in [4.69, 9.17) is 0 Å². The molecule has 1 unspecified atom stereocenters. The van der Waals surface area contributed by atoms with E-state index < -0.39 is 6.04 Å². The first-order valence-corrected chi connectivity index (χ1v) is 9.71. The Morgan fingerprint density at radius 2 is 1.43 bits per heavy atom. The molecular formula is C22H23N3O3. The standard InChI is InChI=1S/C22H23N3O3/c26-20-17-11-5-6-12-18(17)21(27)25(20)19(16-9-3-1-4-10-16)15-23-22(28)24-13-7-2-8-14-24/h1,3-6,9-12,19H,2,7-8,13-15H2,(H,23,28). The van der Waals surface area contributed by atoms with Gasteiger partial charge in [-0.05, 0) is 37.0 Å². The summed E-state index contributed by atoms with van der Waals surface area (Å²) in [6, 6.07) is 15.5. The fourth-order valence-electron chi connectivity index (χ4n) is 3.92. The van der Waals surface area contributed by atoms with Crippen LogP contribution in [0.15, 0.2) is 54.6 Å². The average Bonchev–Trinajstić information content (AvgIpc) is 3.01. The fourth-order valence-corrected chi connectivity index (χ4v) is 3.92. The van der Waals surface area contributed by atoms with Gasteiger partial charge in [-0.25, -0.2) is 4.79 Å². The second-order valence-electron chi connectivity index (χ2n) is 7.19. The number of piperidine rings is 1. The van der Waals surface area contributed by atoms with E-state index in [2.05, 4.69) is 5.32 Å². The molecule has 1 fully saturated rings. The number of nitrogens with one attached hydrogen (secondary N) is 1. The van der Waals surface area contributed by atoms with Crippen LogP contribution in [0.1, 0.15) is 51.6 Å². The minimum absolute atomic E-state index is 0.141. The molecule has 144 valence electrons. The first kappa shape index (κ1) is 18.2. The minimum atomic E-state index is -0.553. The van der Waals surface area contributed by atoms with Crippen molar-refractivity contribution in [1.82, 2.24) is 15.1 Å². The number of amides is 4. The van der Waals surface area contributed by atoms with Crippen LogP contribution in [0.4, 0.5) is 4.79 Å². The lowest BCUT2D eigenvalue weighted by Crippen LogP contribution is -2.47. The molecule has 1 N–H and O–H groups in total. The van der Waals surface area contributed by atoms with Gasteiger partial charge in [0.15, 0.2) is 0 Å². The molecule has 0 saturated carbocycles. The van der Waals surface area contributed by atoms with Gasteiger partial charge in [0.2, 0.25) is 0 Å².